The summed E-state index contributed by atoms with van der Waals surface area (Å²) in [6.45, 7) is 1.44. The number of hydrogen-bond acceptors (Lipinski definition) is 4. The third kappa shape index (κ3) is 2.59. The zero-order valence-electron chi connectivity index (χ0n) is 9.55. The topological polar surface area (TPSA) is 52.6 Å². The fraction of sp³-hybridized carbons (Fsp3) is 0.273. The normalized spacial score (nSPS) is 10.1. The van der Waals surface area contributed by atoms with Crippen molar-refractivity contribution in [3.05, 3.63) is 28.3 Å². The van der Waals surface area contributed by atoms with Crippen LogP contribution in [0, 0.1) is 11.6 Å². The van der Waals surface area contributed by atoms with Crippen LogP contribution in [0.3, 0.4) is 0 Å². The molecule has 0 unspecified atom stereocenters. The van der Waals surface area contributed by atoms with Gasteiger partial charge >= 0.3 is 5.97 Å². The van der Waals surface area contributed by atoms with E-state index in [9.17, 15) is 18.4 Å². The Kier molecular flexibility index (Phi) is 4.61. The van der Waals surface area contributed by atoms with Crippen molar-refractivity contribution in [3.8, 4) is 5.75 Å². The third-order valence-electron chi connectivity index (χ3n) is 2.03. The molecule has 0 aliphatic rings. The zero-order chi connectivity index (χ0) is 13.9. The van der Waals surface area contributed by atoms with Crippen LogP contribution in [-0.4, -0.2) is 25.5 Å². The maximum Gasteiger partial charge on any atom is 0.379 e. The van der Waals surface area contributed by atoms with Crippen molar-refractivity contribution in [1.29, 1.82) is 0 Å². The molecule has 0 aliphatic heterocycles. The molecule has 7 heteroatoms. The van der Waals surface area contributed by atoms with Gasteiger partial charge < -0.3 is 9.47 Å². The largest absolute Gasteiger partial charge is 0.491 e. The minimum Gasteiger partial charge on any atom is -0.491 e. The number of rotatable bonds is 4. The molecule has 0 atom stereocenters. The van der Waals surface area contributed by atoms with E-state index in [1.807, 2.05) is 0 Å². The van der Waals surface area contributed by atoms with Crippen molar-refractivity contribution in [2.45, 2.75) is 6.92 Å². The lowest BCUT2D eigenvalue weighted by molar-refractivity contribution is -0.137. The van der Waals surface area contributed by atoms with E-state index in [0.717, 1.165) is 7.11 Å². The van der Waals surface area contributed by atoms with Gasteiger partial charge in [0.15, 0.2) is 17.4 Å². The molecule has 4 nitrogen and oxygen atoms in total. The zero-order valence-corrected chi connectivity index (χ0v) is 10.3. The number of carbonyl (C=O) groups excluding carboxylic acids is 2. The fourth-order valence-corrected chi connectivity index (χ4v) is 1.43. The lowest BCUT2D eigenvalue weighted by Gasteiger charge is -2.08. The molecule has 0 heterocycles. The van der Waals surface area contributed by atoms with Crippen LogP contribution in [0.1, 0.15) is 17.3 Å². The van der Waals surface area contributed by atoms with E-state index in [0.29, 0.717) is 6.07 Å². The highest BCUT2D eigenvalue weighted by molar-refractivity contribution is 6.41. The molecule has 0 bridgehead atoms. The van der Waals surface area contributed by atoms with Gasteiger partial charge in [-0.3, -0.25) is 4.79 Å². The molecule has 0 saturated heterocycles. The second-order valence-corrected chi connectivity index (χ2v) is 3.52. The summed E-state index contributed by atoms with van der Waals surface area (Å²) in [5.74, 6) is -5.76. The number of methoxy groups -OCH3 is 1. The molecule has 0 fully saturated rings. The first-order chi connectivity index (χ1) is 8.43. The number of ether oxygens (including phenoxy) is 2. The Morgan fingerprint density at radius 2 is 1.94 bits per heavy atom. The van der Waals surface area contributed by atoms with Gasteiger partial charge in [-0.2, -0.15) is 0 Å². The Morgan fingerprint density at radius 1 is 1.33 bits per heavy atom. The second-order valence-electron chi connectivity index (χ2n) is 3.12. The third-order valence-corrected chi connectivity index (χ3v) is 2.30. The average molecular weight is 279 g/mol. The molecule has 98 valence electrons. The lowest BCUT2D eigenvalue weighted by Crippen LogP contribution is -2.19. The quantitative estimate of drug-likeness (QED) is 0.367. The number of esters is 1. The van der Waals surface area contributed by atoms with E-state index in [2.05, 4.69) is 9.47 Å². The Hall–Kier alpha value is -1.69. The maximum atomic E-state index is 13.7. The Balaban J connectivity index is 3.30. The molecule has 0 radical (unpaired) electrons. The van der Waals surface area contributed by atoms with Crippen LogP contribution in [0.4, 0.5) is 8.78 Å². The molecule has 18 heavy (non-hydrogen) atoms. The summed E-state index contributed by atoms with van der Waals surface area (Å²) < 4.78 is 35.9. The van der Waals surface area contributed by atoms with Gasteiger partial charge in [-0.15, -0.1) is 0 Å². The van der Waals surface area contributed by atoms with Crippen molar-refractivity contribution in [2.24, 2.45) is 0 Å². The molecule has 0 amide bonds. The number of carbonyl (C=O) groups is 2. The highest BCUT2D eigenvalue weighted by atomic mass is 35.5. The second kappa shape index (κ2) is 5.77. The molecule has 0 N–H and O–H groups in total. The van der Waals surface area contributed by atoms with E-state index in [-0.39, 0.29) is 6.61 Å². The van der Waals surface area contributed by atoms with Crippen LogP contribution in [-0.2, 0) is 9.53 Å². The van der Waals surface area contributed by atoms with Crippen molar-refractivity contribution in [2.75, 3.05) is 13.7 Å². The molecular formula is C11H9ClF2O4. The predicted octanol–water partition coefficient (Wildman–Crippen LogP) is 2.37. The number of benzene rings is 1. The number of Topliss-reactive ketones (excluding diaryl/α,β-unsaturated/α-hetero) is 1. The first-order valence-corrected chi connectivity index (χ1v) is 5.24. The smallest absolute Gasteiger partial charge is 0.379 e. The average Bonchev–Trinajstić information content (AvgIpc) is 2.34. The fourth-order valence-electron chi connectivity index (χ4n) is 1.23. The molecular weight excluding hydrogens is 270 g/mol. The Labute approximate surface area is 106 Å². The van der Waals surface area contributed by atoms with Crippen LogP contribution in [0.5, 0.6) is 5.75 Å². The summed E-state index contributed by atoms with van der Waals surface area (Å²) in [6, 6.07) is 0.716. The number of halogens is 3. The van der Waals surface area contributed by atoms with E-state index >= 15 is 0 Å². The van der Waals surface area contributed by atoms with Gasteiger partial charge in [-0.25, -0.2) is 13.6 Å². The van der Waals surface area contributed by atoms with Gasteiger partial charge in [0.25, 0.3) is 5.78 Å². The molecule has 0 spiro atoms. The molecule has 0 aliphatic carbocycles. The van der Waals surface area contributed by atoms with E-state index in [1.165, 1.54) is 6.92 Å². The summed E-state index contributed by atoms with van der Waals surface area (Å²) in [4.78, 5) is 22.7. The molecule has 0 saturated carbocycles. The Bertz CT molecular complexity index is 502. The molecule has 1 aromatic carbocycles. The minimum atomic E-state index is -1.29. The highest BCUT2D eigenvalue weighted by Gasteiger charge is 2.27. The van der Waals surface area contributed by atoms with E-state index < -0.39 is 39.7 Å². The predicted molar refractivity (Wildman–Crippen MR) is 58.9 cm³/mol. The minimum absolute atomic E-state index is 0.0434. The highest BCUT2D eigenvalue weighted by Crippen LogP contribution is 2.30. The van der Waals surface area contributed by atoms with Crippen molar-refractivity contribution >= 4 is 23.4 Å². The van der Waals surface area contributed by atoms with Crippen molar-refractivity contribution < 1.29 is 27.8 Å². The SMILES string of the molecule is CCOC(=O)C(=O)c1cc(Cl)c(F)c(OC)c1F. The first-order valence-electron chi connectivity index (χ1n) is 4.86. The standard InChI is InChI=1S/C11H9ClF2O4/c1-3-18-11(16)9(15)5-4-6(12)8(14)10(17-2)7(5)13/h4H,3H2,1-2H3. The maximum absolute atomic E-state index is 13.7. The summed E-state index contributed by atoms with van der Waals surface area (Å²) in [5, 5.41) is -0.527. The van der Waals surface area contributed by atoms with Crippen LogP contribution in [0.25, 0.3) is 0 Å². The molecule has 1 rings (SSSR count). The van der Waals surface area contributed by atoms with Gasteiger partial charge in [0, 0.05) is 0 Å². The Morgan fingerprint density at radius 3 is 2.44 bits per heavy atom. The summed E-state index contributed by atoms with van der Waals surface area (Å²) >= 11 is 5.47. The summed E-state index contributed by atoms with van der Waals surface area (Å²) in [5.41, 5.74) is -0.697. The first kappa shape index (κ1) is 14.4. The van der Waals surface area contributed by atoms with Gasteiger partial charge in [0.2, 0.25) is 0 Å². The molecule has 1 aromatic rings. The molecule has 0 aromatic heterocycles. The van der Waals surface area contributed by atoms with Gasteiger partial charge in [-0.1, -0.05) is 11.6 Å². The summed E-state index contributed by atoms with van der Waals surface area (Å²) in [6.07, 6.45) is 0. The number of hydrogen-bond donors (Lipinski definition) is 0. The van der Waals surface area contributed by atoms with Gasteiger partial charge in [0.05, 0.1) is 24.3 Å². The number of ketones is 1. The van der Waals surface area contributed by atoms with E-state index in [4.69, 9.17) is 11.6 Å². The van der Waals surface area contributed by atoms with Gasteiger partial charge in [0.1, 0.15) is 0 Å². The van der Waals surface area contributed by atoms with Crippen LogP contribution >= 0.6 is 11.6 Å². The van der Waals surface area contributed by atoms with Crippen LogP contribution in [0.2, 0.25) is 5.02 Å². The van der Waals surface area contributed by atoms with Gasteiger partial charge in [-0.05, 0) is 13.0 Å². The van der Waals surface area contributed by atoms with Crippen LogP contribution < -0.4 is 4.74 Å². The van der Waals surface area contributed by atoms with Crippen LogP contribution in [0.15, 0.2) is 6.07 Å². The summed E-state index contributed by atoms with van der Waals surface area (Å²) in [7, 11) is 1.01. The van der Waals surface area contributed by atoms with Crippen molar-refractivity contribution in [1.82, 2.24) is 0 Å². The van der Waals surface area contributed by atoms with Crippen molar-refractivity contribution in [3.63, 3.8) is 0 Å². The van der Waals surface area contributed by atoms with E-state index in [1.54, 1.807) is 0 Å². The monoisotopic (exact) mass is 278 g/mol. The lowest BCUT2D eigenvalue weighted by atomic mass is 10.1.